The van der Waals surface area contributed by atoms with E-state index in [1.165, 1.54) is 24.0 Å². The SMILES string of the molecule is CCc1ccc(-c2ccn(C3CC3)n2)cc1. The average molecular weight is 212 g/mol. The summed E-state index contributed by atoms with van der Waals surface area (Å²) in [6, 6.07) is 11.5. The Bertz CT molecular complexity index is 478. The van der Waals surface area contributed by atoms with Gasteiger partial charge in [-0.2, -0.15) is 5.10 Å². The molecule has 2 nitrogen and oxygen atoms in total. The molecule has 1 saturated carbocycles. The molecule has 2 aromatic rings. The van der Waals surface area contributed by atoms with Crippen molar-refractivity contribution >= 4 is 0 Å². The Balaban J connectivity index is 1.88. The van der Waals surface area contributed by atoms with Crippen LogP contribution in [0.15, 0.2) is 36.5 Å². The maximum absolute atomic E-state index is 4.61. The van der Waals surface area contributed by atoms with Crippen molar-refractivity contribution < 1.29 is 0 Å². The first-order chi connectivity index (χ1) is 7.86. The molecule has 0 aliphatic heterocycles. The van der Waals surface area contributed by atoms with Gasteiger partial charge in [0.05, 0.1) is 11.7 Å². The van der Waals surface area contributed by atoms with Gasteiger partial charge in [0.1, 0.15) is 0 Å². The first-order valence-electron chi connectivity index (χ1n) is 6.01. The fourth-order valence-electron chi connectivity index (χ4n) is 1.95. The van der Waals surface area contributed by atoms with E-state index in [0.717, 1.165) is 12.1 Å². The Morgan fingerprint density at radius 1 is 1.19 bits per heavy atom. The normalized spacial score (nSPS) is 15.3. The molecular weight excluding hydrogens is 196 g/mol. The Kier molecular flexibility index (Phi) is 2.28. The lowest BCUT2D eigenvalue weighted by atomic mass is 10.1. The van der Waals surface area contributed by atoms with Crippen LogP contribution in [-0.2, 0) is 6.42 Å². The van der Waals surface area contributed by atoms with Crippen LogP contribution >= 0.6 is 0 Å². The summed E-state index contributed by atoms with van der Waals surface area (Å²) < 4.78 is 2.10. The van der Waals surface area contributed by atoms with E-state index in [-0.39, 0.29) is 0 Å². The van der Waals surface area contributed by atoms with Crippen molar-refractivity contribution in [2.24, 2.45) is 0 Å². The molecule has 1 aliphatic carbocycles. The third-order valence-corrected chi connectivity index (χ3v) is 3.19. The minimum Gasteiger partial charge on any atom is -0.269 e. The zero-order valence-electron chi connectivity index (χ0n) is 9.56. The van der Waals surface area contributed by atoms with Crippen LogP contribution in [0.5, 0.6) is 0 Å². The highest BCUT2D eigenvalue weighted by Crippen LogP contribution is 2.34. The largest absolute Gasteiger partial charge is 0.269 e. The first-order valence-corrected chi connectivity index (χ1v) is 6.01. The summed E-state index contributed by atoms with van der Waals surface area (Å²) in [5.74, 6) is 0. The topological polar surface area (TPSA) is 17.8 Å². The number of hydrogen-bond acceptors (Lipinski definition) is 1. The quantitative estimate of drug-likeness (QED) is 0.762. The van der Waals surface area contributed by atoms with E-state index in [2.05, 4.69) is 53.2 Å². The van der Waals surface area contributed by atoms with E-state index in [9.17, 15) is 0 Å². The highest BCUT2D eigenvalue weighted by molar-refractivity contribution is 5.58. The van der Waals surface area contributed by atoms with E-state index >= 15 is 0 Å². The van der Waals surface area contributed by atoms with Crippen LogP contribution in [0.3, 0.4) is 0 Å². The molecule has 1 heterocycles. The van der Waals surface area contributed by atoms with E-state index in [1.807, 2.05) is 0 Å². The second-order valence-electron chi connectivity index (χ2n) is 4.46. The van der Waals surface area contributed by atoms with Gasteiger partial charge in [-0.15, -0.1) is 0 Å². The van der Waals surface area contributed by atoms with E-state index < -0.39 is 0 Å². The zero-order valence-corrected chi connectivity index (χ0v) is 9.56. The van der Waals surface area contributed by atoms with Crippen molar-refractivity contribution in [1.82, 2.24) is 9.78 Å². The molecule has 3 rings (SSSR count). The molecule has 2 heteroatoms. The van der Waals surface area contributed by atoms with Crippen molar-refractivity contribution in [3.05, 3.63) is 42.1 Å². The van der Waals surface area contributed by atoms with Gasteiger partial charge in [0, 0.05) is 11.8 Å². The summed E-state index contributed by atoms with van der Waals surface area (Å²) in [6.07, 6.45) is 5.77. The minimum absolute atomic E-state index is 0.670. The second-order valence-corrected chi connectivity index (χ2v) is 4.46. The molecule has 0 spiro atoms. The number of benzene rings is 1. The fourth-order valence-corrected chi connectivity index (χ4v) is 1.95. The number of aryl methyl sites for hydroxylation is 1. The van der Waals surface area contributed by atoms with Crippen molar-refractivity contribution in [2.45, 2.75) is 32.2 Å². The minimum atomic E-state index is 0.670. The Hall–Kier alpha value is -1.57. The van der Waals surface area contributed by atoms with E-state index in [0.29, 0.717) is 6.04 Å². The average Bonchev–Trinajstić information content (AvgIpc) is 3.08. The third-order valence-electron chi connectivity index (χ3n) is 3.19. The van der Waals surface area contributed by atoms with Gasteiger partial charge in [-0.25, -0.2) is 0 Å². The molecule has 1 aliphatic rings. The molecule has 0 amide bonds. The second kappa shape index (κ2) is 3.78. The Morgan fingerprint density at radius 3 is 2.56 bits per heavy atom. The molecule has 0 unspecified atom stereocenters. The highest BCUT2D eigenvalue weighted by atomic mass is 15.3. The first kappa shape index (κ1) is 9.64. The van der Waals surface area contributed by atoms with Crippen molar-refractivity contribution in [1.29, 1.82) is 0 Å². The van der Waals surface area contributed by atoms with Gasteiger partial charge in [0.2, 0.25) is 0 Å². The van der Waals surface area contributed by atoms with Gasteiger partial charge in [-0.1, -0.05) is 31.2 Å². The molecule has 82 valence electrons. The van der Waals surface area contributed by atoms with Crippen molar-refractivity contribution in [3.8, 4) is 11.3 Å². The molecular formula is C14H16N2. The van der Waals surface area contributed by atoms with E-state index in [4.69, 9.17) is 0 Å². The molecule has 0 N–H and O–H groups in total. The van der Waals surface area contributed by atoms with E-state index in [1.54, 1.807) is 0 Å². The summed E-state index contributed by atoms with van der Waals surface area (Å²) in [6.45, 7) is 2.18. The lowest BCUT2D eigenvalue weighted by Crippen LogP contribution is -1.93. The Labute approximate surface area is 95.9 Å². The summed E-state index contributed by atoms with van der Waals surface area (Å²) in [7, 11) is 0. The van der Waals surface area contributed by atoms with Crippen LogP contribution in [0.1, 0.15) is 31.4 Å². The maximum Gasteiger partial charge on any atom is 0.0923 e. The number of rotatable bonds is 3. The molecule has 16 heavy (non-hydrogen) atoms. The molecule has 1 aromatic heterocycles. The van der Waals surface area contributed by atoms with Gasteiger partial charge in [0.15, 0.2) is 0 Å². The van der Waals surface area contributed by atoms with Crippen LogP contribution < -0.4 is 0 Å². The van der Waals surface area contributed by atoms with Crippen LogP contribution in [0.25, 0.3) is 11.3 Å². The molecule has 0 radical (unpaired) electrons. The Morgan fingerprint density at radius 2 is 1.94 bits per heavy atom. The number of hydrogen-bond donors (Lipinski definition) is 0. The van der Waals surface area contributed by atoms with Crippen LogP contribution in [-0.4, -0.2) is 9.78 Å². The van der Waals surface area contributed by atoms with Gasteiger partial charge in [-0.05, 0) is 30.9 Å². The molecule has 1 fully saturated rings. The van der Waals surface area contributed by atoms with Crippen molar-refractivity contribution in [2.75, 3.05) is 0 Å². The summed E-state index contributed by atoms with van der Waals surface area (Å²) in [4.78, 5) is 0. The van der Waals surface area contributed by atoms with Gasteiger partial charge in [-0.3, -0.25) is 4.68 Å². The summed E-state index contributed by atoms with van der Waals surface area (Å²) >= 11 is 0. The smallest absolute Gasteiger partial charge is 0.0923 e. The predicted octanol–water partition coefficient (Wildman–Crippen LogP) is 3.45. The summed E-state index contributed by atoms with van der Waals surface area (Å²) in [5.41, 5.74) is 3.69. The predicted molar refractivity (Wildman–Crippen MR) is 65.3 cm³/mol. The number of nitrogens with zero attached hydrogens (tertiary/aromatic N) is 2. The highest BCUT2D eigenvalue weighted by Gasteiger charge is 2.24. The van der Waals surface area contributed by atoms with Crippen LogP contribution in [0.4, 0.5) is 0 Å². The van der Waals surface area contributed by atoms with Gasteiger partial charge >= 0.3 is 0 Å². The monoisotopic (exact) mass is 212 g/mol. The fraction of sp³-hybridized carbons (Fsp3) is 0.357. The molecule has 0 atom stereocenters. The molecule has 1 aromatic carbocycles. The lowest BCUT2D eigenvalue weighted by Gasteiger charge is -1.99. The van der Waals surface area contributed by atoms with Gasteiger partial charge in [0.25, 0.3) is 0 Å². The molecule has 0 bridgehead atoms. The van der Waals surface area contributed by atoms with Gasteiger partial charge < -0.3 is 0 Å². The maximum atomic E-state index is 4.61. The van der Waals surface area contributed by atoms with Crippen LogP contribution in [0, 0.1) is 0 Å². The molecule has 0 saturated heterocycles. The number of aromatic nitrogens is 2. The van der Waals surface area contributed by atoms with Crippen molar-refractivity contribution in [3.63, 3.8) is 0 Å². The lowest BCUT2D eigenvalue weighted by molar-refractivity contribution is 0.644. The van der Waals surface area contributed by atoms with Crippen LogP contribution in [0.2, 0.25) is 0 Å². The summed E-state index contributed by atoms with van der Waals surface area (Å²) in [5, 5.41) is 4.61. The standard InChI is InChI=1S/C14H16N2/c1-2-11-3-5-12(6-4-11)14-9-10-16(15-14)13-7-8-13/h3-6,9-10,13H,2,7-8H2,1H3. The third kappa shape index (κ3) is 1.75. The zero-order chi connectivity index (χ0) is 11.0.